The average Bonchev–Trinajstić information content (AvgIpc) is 2.56. The van der Waals surface area contributed by atoms with Crippen molar-refractivity contribution in [2.75, 3.05) is 17.2 Å². The largest absolute Gasteiger partial charge is 0.389 e. The number of aromatic nitrogens is 1. The summed E-state index contributed by atoms with van der Waals surface area (Å²) in [5.74, 6) is 0. The molecule has 1 saturated heterocycles. The Labute approximate surface area is 82.6 Å². The van der Waals surface area contributed by atoms with Crippen molar-refractivity contribution in [1.82, 2.24) is 4.98 Å². The quantitative estimate of drug-likeness (QED) is 0.749. The van der Waals surface area contributed by atoms with Crippen LogP contribution in [0.1, 0.15) is 26.7 Å². The third-order valence-electron chi connectivity index (χ3n) is 2.64. The number of rotatable bonds is 1. The average molecular weight is 197 g/mol. The molecule has 1 aromatic heterocycles. The van der Waals surface area contributed by atoms with Crippen LogP contribution in [0.25, 0.3) is 0 Å². The first-order valence-corrected chi connectivity index (χ1v) is 5.40. The third kappa shape index (κ3) is 1.50. The summed E-state index contributed by atoms with van der Waals surface area (Å²) in [6.07, 6.45) is 4.24. The molecule has 1 aliphatic rings. The molecule has 0 saturated carbocycles. The summed E-state index contributed by atoms with van der Waals surface area (Å²) in [5.41, 5.74) is 5.92. The van der Waals surface area contributed by atoms with E-state index < -0.39 is 0 Å². The van der Waals surface area contributed by atoms with Gasteiger partial charge < -0.3 is 10.6 Å². The fourth-order valence-electron chi connectivity index (χ4n) is 1.86. The minimum Gasteiger partial charge on any atom is -0.389 e. The molecular formula is C9H15N3S. The lowest BCUT2D eigenvalue weighted by Gasteiger charge is -2.31. The van der Waals surface area contributed by atoms with Crippen LogP contribution in [-0.2, 0) is 0 Å². The number of hydrogen-bond donors (Lipinski definition) is 1. The standard InChI is InChI=1S/C9H15N3S/c1-9(2)4-3-5-12(9)8-11-6-7(10)13-8/h6H,3-5,10H2,1-2H3. The van der Waals surface area contributed by atoms with E-state index in [4.69, 9.17) is 5.73 Å². The van der Waals surface area contributed by atoms with Gasteiger partial charge in [-0.25, -0.2) is 4.98 Å². The predicted octanol–water partition coefficient (Wildman–Crippen LogP) is 2.10. The zero-order valence-corrected chi connectivity index (χ0v) is 8.90. The topological polar surface area (TPSA) is 42.2 Å². The van der Waals surface area contributed by atoms with E-state index in [2.05, 4.69) is 23.7 Å². The highest BCUT2D eigenvalue weighted by Gasteiger charge is 2.33. The van der Waals surface area contributed by atoms with Gasteiger partial charge in [-0.3, -0.25) is 0 Å². The first-order chi connectivity index (χ1) is 6.09. The first kappa shape index (κ1) is 8.81. The predicted molar refractivity (Wildman–Crippen MR) is 57.2 cm³/mol. The van der Waals surface area contributed by atoms with Gasteiger partial charge in [0, 0.05) is 12.1 Å². The van der Waals surface area contributed by atoms with E-state index >= 15 is 0 Å². The van der Waals surface area contributed by atoms with E-state index in [1.807, 2.05) is 0 Å². The molecule has 0 unspecified atom stereocenters. The smallest absolute Gasteiger partial charge is 0.187 e. The number of nitrogens with two attached hydrogens (primary N) is 1. The van der Waals surface area contributed by atoms with E-state index in [0.717, 1.165) is 16.7 Å². The zero-order chi connectivity index (χ0) is 9.47. The van der Waals surface area contributed by atoms with E-state index in [1.165, 1.54) is 12.8 Å². The molecule has 1 aromatic rings. The van der Waals surface area contributed by atoms with Crippen molar-refractivity contribution < 1.29 is 0 Å². The fraction of sp³-hybridized carbons (Fsp3) is 0.667. The van der Waals surface area contributed by atoms with Crippen molar-refractivity contribution in [3.05, 3.63) is 6.20 Å². The Morgan fingerprint density at radius 2 is 2.38 bits per heavy atom. The van der Waals surface area contributed by atoms with Crippen molar-refractivity contribution in [3.63, 3.8) is 0 Å². The van der Waals surface area contributed by atoms with Gasteiger partial charge in [-0.15, -0.1) is 0 Å². The Bertz CT molecular complexity index is 306. The normalized spacial score (nSPS) is 20.9. The molecule has 13 heavy (non-hydrogen) atoms. The summed E-state index contributed by atoms with van der Waals surface area (Å²) in [7, 11) is 0. The number of nitrogens with zero attached hydrogens (tertiary/aromatic N) is 2. The van der Waals surface area contributed by atoms with Crippen LogP contribution in [0.5, 0.6) is 0 Å². The molecule has 2 N–H and O–H groups in total. The van der Waals surface area contributed by atoms with Crippen LogP contribution in [0.15, 0.2) is 6.20 Å². The van der Waals surface area contributed by atoms with Crippen LogP contribution in [0.3, 0.4) is 0 Å². The van der Waals surface area contributed by atoms with Crippen molar-refractivity contribution >= 4 is 21.5 Å². The Hall–Kier alpha value is -0.770. The Kier molecular flexibility index (Phi) is 1.95. The van der Waals surface area contributed by atoms with Gasteiger partial charge in [0.05, 0.1) is 6.20 Å². The van der Waals surface area contributed by atoms with E-state index in [-0.39, 0.29) is 5.54 Å². The molecule has 1 fully saturated rings. The van der Waals surface area contributed by atoms with E-state index in [0.29, 0.717) is 0 Å². The maximum absolute atomic E-state index is 5.66. The third-order valence-corrected chi connectivity index (χ3v) is 3.49. The molecule has 0 amide bonds. The maximum Gasteiger partial charge on any atom is 0.187 e. The molecule has 0 radical (unpaired) electrons. The van der Waals surface area contributed by atoms with Crippen LogP contribution >= 0.6 is 11.3 Å². The van der Waals surface area contributed by atoms with Gasteiger partial charge in [-0.1, -0.05) is 11.3 Å². The number of hydrogen-bond acceptors (Lipinski definition) is 4. The van der Waals surface area contributed by atoms with Crippen LogP contribution < -0.4 is 10.6 Å². The van der Waals surface area contributed by atoms with Crippen LogP contribution in [-0.4, -0.2) is 17.1 Å². The van der Waals surface area contributed by atoms with Gasteiger partial charge in [-0.2, -0.15) is 0 Å². The minimum atomic E-state index is 0.254. The van der Waals surface area contributed by atoms with E-state index in [9.17, 15) is 0 Å². The highest BCUT2D eigenvalue weighted by molar-refractivity contribution is 7.19. The monoisotopic (exact) mass is 197 g/mol. The van der Waals surface area contributed by atoms with Crippen molar-refractivity contribution in [3.8, 4) is 0 Å². The molecule has 72 valence electrons. The first-order valence-electron chi connectivity index (χ1n) is 4.58. The zero-order valence-electron chi connectivity index (χ0n) is 8.08. The maximum atomic E-state index is 5.66. The van der Waals surface area contributed by atoms with Gasteiger partial charge in [0.1, 0.15) is 5.00 Å². The van der Waals surface area contributed by atoms with Gasteiger partial charge in [0.25, 0.3) is 0 Å². The number of thiazole rings is 1. The lowest BCUT2D eigenvalue weighted by Crippen LogP contribution is -2.37. The second kappa shape index (κ2) is 2.87. The Balaban J connectivity index is 2.26. The molecule has 2 heterocycles. The SMILES string of the molecule is CC1(C)CCCN1c1ncc(N)s1. The van der Waals surface area contributed by atoms with E-state index in [1.54, 1.807) is 17.5 Å². The number of anilines is 2. The summed E-state index contributed by atoms with van der Waals surface area (Å²) < 4.78 is 0. The molecule has 0 atom stereocenters. The summed E-state index contributed by atoms with van der Waals surface area (Å²) in [6.45, 7) is 5.63. The summed E-state index contributed by atoms with van der Waals surface area (Å²) in [5, 5.41) is 1.87. The van der Waals surface area contributed by atoms with Gasteiger partial charge in [0.15, 0.2) is 5.13 Å². The highest BCUT2D eigenvalue weighted by Crippen LogP contribution is 2.36. The Morgan fingerprint density at radius 1 is 1.62 bits per heavy atom. The molecule has 0 aromatic carbocycles. The summed E-state index contributed by atoms with van der Waals surface area (Å²) >= 11 is 1.58. The van der Waals surface area contributed by atoms with Gasteiger partial charge in [-0.05, 0) is 26.7 Å². The molecule has 3 nitrogen and oxygen atoms in total. The molecule has 0 aliphatic carbocycles. The van der Waals surface area contributed by atoms with Crippen LogP contribution in [0.4, 0.5) is 10.1 Å². The molecule has 1 aliphatic heterocycles. The van der Waals surface area contributed by atoms with Crippen molar-refractivity contribution in [1.29, 1.82) is 0 Å². The van der Waals surface area contributed by atoms with Crippen molar-refractivity contribution in [2.24, 2.45) is 0 Å². The summed E-state index contributed by atoms with van der Waals surface area (Å²) in [4.78, 5) is 6.67. The second-order valence-electron chi connectivity index (χ2n) is 4.11. The molecule has 2 rings (SSSR count). The lowest BCUT2D eigenvalue weighted by molar-refractivity contribution is 0.517. The van der Waals surface area contributed by atoms with Crippen LogP contribution in [0, 0.1) is 0 Å². The fourth-order valence-corrected chi connectivity index (χ4v) is 2.73. The van der Waals surface area contributed by atoms with Gasteiger partial charge >= 0.3 is 0 Å². The highest BCUT2D eigenvalue weighted by atomic mass is 32.1. The Morgan fingerprint density at radius 3 is 2.85 bits per heavy atom. The van der Waals surface area contributed by atoms with Crippen LogP contribution in [0.2, 0.25) is 0 Å². The van der Waals surface area contributed by atoms with Gasteiger partial charge in [0.2, 0.25) is 0 Å². The van der Waals surface area contributed by atoms with Crippen molar-refractivity contribution in [2.45, 2.75) is 32.2 Å². The molecular weight excluding hydrogens is 182 g/mol. The summed E-state index contributed by atoms with van der Waals surface area (Å²) in [6, 6.07) is 0. The molecule has 0 spiro atoms. The number of nitrogen functional groups attached to an aromatic ring is 1. The second-order valence-corrected chi connectivity index (χ2v) is 5.15. The molecule has 4 heteroatoms. The minimum absolute atomic E-state index is 0.254. The molecule has 0 bridgehead atoms. The lowest BCUT2D eigenvalue weighted by atomic mass is 10.0.